The summed E-state index contributed by atoms with van der Waals surface area (Å²) in [4.78, 5) is 24.8. The first-order valence-electron chi connectivity index (χ1n) is 7.63. The SMILES string of the molecule is O=C(OCc1ccccc1)C1CC(=O)N(c2c(F)cccc2F)C1O. The Bertz CT molecular complexity index is 777. The molecule has 0 bridgehead atoms. The fourth-order valence-corrected chi connectivity index (χ4v) is 2.74. The van der Waals surface area contributed by atoms with Crippen LogP contribution in [-0.2, 0) is 20.9 Å². The standard InChI is InChI=1S/C18H15F2NO4/c19-13-7-4-8-14(20)16(13)21-15(22)9-12(17(21)23)18(24)25-10-11-5-2-1-3-6-11/h1-8,12,17,23H,9-10H2. The predicted octanol–water partition coefficient (Wildman–Crippen LogP) is 2.38. The molecule has 130 valence electrons. The third kappa shape index (κ3) is 3.36. The number of para-hydroxylation sites is 1. The van der Waals surface area contributed by atoms with Crippen LogP contribution in [0.15, 0.2) is 48.5 Å². The summed E-state index contributed by atoms with van der Waals surface area (Å²) in [5.74, 6) is -4.76. The van der Waals surface area contributed by atoms with Crippen molar-refractivity contribution < 1.29 is 28.2 Å². The molecular weight excluding hydrogens is 332 g/mol. The lowest BCUT2D eigenvalue weighted by Gasteiger charge is -2.23. The second-order valence-electron chi connectivity index (χ2n) is 5.65. The number of esters is 1. The van der Waals surface area contributed by atoms with Crippen LogP contribution in [0.1, 0.15) is 12.0 Å². The summed E-state index contributed by atoms with van der Waals surface area (Å²) in [6, 6.07) is 12.0. The number of hydrogen-bond acceptors (Lipinski definition) is 4. The molecule has 3 rings (SSSR count). The molecule has 1 heterocycles. The third-order valence-corrected chi connectivity index (χ3v) is 3.99. The van der Waals surface area contributed by atoms with Gasteiger partial charge < -0.3 is 9.84 Å². The molecule has 0 saturated carbocycles. The van der Waals surface area contributed by atoms with Gasteiger partial charge >= 0.3 is 5.97 Å². The average Bonchev–Trinajstić information content (AvgIpc) is 2.89. The Balaban J connectivity index is 1.74. The van der Waals surface area contributed by atoms with Crippen molar-refractivity contribution in [2.24, 2.45) is 5.92 Å². The van der Waals surface area contributed by atoms with E-state index in [1.54, 1.807) is 24.3 Å². The number of rotatable bonds is 4. The normalized spacial score (nSPS) is 20.0. The van der Waals surface area contributed by atoms with Crippen LogP contribution in [0.5, 0.6) is 0 Å². The summed E-state index contributed by atoms with van der Waals surface area (Å²) < 4.78 is 32.9. The summed E-state index contributed by atoms with van der Waals surface area (Å²) in [6.45, 7) is -0.0227. The fourth-order valence-electron chi connectivity index (χ4n) is 2.74. The summed E-state index contributed by atoms with van der Waals surface area (Å²) >= 11 is 0. The summed E-state index contributed by atoms with van der Waals surface area (Å²) in [7, 11) is 0. The molecule has 1 N–H and O–H groups in total. The van der Waals surface area contributed by atoms with Crippen LogP contribution < -0.4 is 4.90 Å². The Hall–Kier alpha value is -2.80. The summed E-state index contributed by atoms with van der Waals surface area (Å²) in [5, 5.41) is 10.3. The van der Waals surface area contributed by atoms with Gasteiger partial charge in [0.1, 0.15) is 36.1 Å². The van der Waals surface area contributed by atoms with Gasteiger partial charge in [0.05, 0.1) is 0 Å². The third-order valence-electron chi connectivity index (χ3n) is 3.99. The van der Waals surface area contributed by atoms with Crippen LogP contribution in [0, 0.1) is 17.6 Å². The molecule has 1 aliphatic heterocycles. The molecule has 2 atom stereocenters. The Kier molecular flexibility index (Phi) is 4.76. The molecule has 1 fully saturated rings. The van der Waals surface area contributed by atoms with E-state index in [9.17, 15) is 23.5 Å². The molecule has 2 aromatic rings. The van der Waals surface area contributed by atoms with Crippen molar-refractivity contribution in [3.05, 3.63) is 65.7 Å². The lowest BCUT2D eigenvalue weighted by molar-refractivity contribution is -0.153. The van der Waals surface area contributed by atoms with Crippen molar-refractivity contribution in [3.8, 4) is 0 Å². The molecule has 7 heteroatoms. The maximum Gasteiger partial charge on any atom is 0.314 e. The van der Waals surface area contributed by atoms with Gasteiger partial charge in [0.15, 0.2) is 0 Å². The molecule has 2 aromatic carbocycles. The van der Waals surface area contributed by atoms with Crippen LogP contribution in [-0.4, -0.2) is 23.2 Å². The van der Waals surface area contributed by atoms with E-state index in [0.717, 1.165) is 23.8 Å². The van der Waals surface area contributed by atoms with Gasteiger partial charge in [-0.25, -0.2) is 8.78 Å². The van der Waals surface area contributed by atoms with Gasteiger partial charge in [0.25, 0.3) is 0 Å². The number of carbonyl (C=O) groups is 2. The average molecular weight is 347 g/mol. The molecule has 0 aliphatic carbocycles. The predicted molar refractivity (Wildman–Crippen MR) is 84.2 cm³/mol. The minimum Gasteiger partial charge on any atom is -0.460 e. The first kappa shape index (κ1) is 17.0. The quantitative estimate of drug-likeness (QED) is 0.863. The number of nitrogens with zero attached hydrogens (tertiary/aromatic N) is 1. The van der Waals surface area contributed by atoms with E-state index < -0.39 is 41.3 Å². The first-order valence-corrected chi connectivity index (χ1v) is 7.63. The van der Waals surface area contributed by atoms with Gasteiger partial charge in [0.2, 0.25) is 5.91 Å². The van der Waals surface area contributed by atoms with E-state index >= 15 is 0 Å². The highest BCUT2D eigenvalue weighted by Gasteiger charge is 2.46. The van der Waals surface area contributed by atoms with Crippen LogP contribution >= 0.6 is 0 Å². The van der Waals surface area contributed by atoms with E-state index in [-0.39, 0.29) is 13.0 Å². The highest BCUT2D eigenvalue weighted by atomic mass is 19.1. The molecule has 5 nitrogen and oxygen atoms in total. The van der Waals surface area contributed by atoms with Crippen molar-refractivity contribution in [1.29, 1.82) is 0 Å². The number of benzene rings is 2. The minimum absolute atomic E-state index is 0.0227. The Morgan fingerprint density at radius 3 is 2.40 bits per heavy atom. The molecule has 25 heavy (non-hydrogen) atoms. The van der Waals surface area contributed by atoms with Crippen molar-refractivity contribution >= 4 is 17.6 Å². The molecule has 0 aromatic heterocycles. The van der Waals surface area contributed by atoms with Crippen LogP contribution in [0.4, 0.5) is 14.5 Å². The Morgan fingerprint density at radius 2 is 1.76 bits per heavy atom. The zero-order valence-electron chi connectivity index (χ0n) is 13.1. The largest absolute Gasteiger partial charge is 0.460 e. The van der Waals surface area contributed by atoms with Crippen LogP contribution in [0.25, 0.3) is 0 Å². The van der Waals surface area contributed by atoms with E-state index in [1.165, 1.54) is 0 Å². The van der Waals surface area contributed by atoms with E-state index in [1.807, 2.05) is 6.07 Å². The zero-order chi connectivity index (χ0) is 18.0. The molecule has 1 saturated heterocycles. The topological polar surface area (TPSA) is 66.8 Å². The van der Waals surface area contributed by atoms with Gasteiger partial charge in [0, 0.05) is 6.42 Å². The van der Waals surface area contributed by atoms with Gasteiger partial charge in [-0.1, -0.05) is 36.4 Å². The van der Waals surface area contributed by atoms with Crippen molar-refractivity contribution in [2.45, 2.75) is 19.3 Å². The Morgan fingerprint density at radius 1 is 1.12 bits per heavy atom. The van der Waals surface area contributed by atoms with Crippen LogP contribution in [0.3, 0.4) is 0 Å². The highest BCUT2D eigenvalue weighted by Crippen LogP contribution is 2.34. The second kappa shape index (κ2) is 6.98. The molecular formula is C18H15F2NO4. The minimum atomic E-state index is -1.69. The molecule has 1 aliphatic rings. The number of ether oxygens (including phenoxy) is 1. The number of aliphatic hydroxyl groups excluding tert-OH is 1. The number of aliphatic hydroxyl groups is 1. The highest BCUT2D eigenvalue weighted by molar-refractivity contribution is 6.00. The number of carbonyl (C=O) groups excluding carboxylic acids is 2. The molecule has 1 amide bonds. The molecule has 2 unspecified atom stereocenters. The van der Waals surface area contributed by atoms with Gasteiger partial charge in [-0.15, -0.1) is 0 Å². The first-order chi connectivity index (χ1) is 12.0. The van der Waals surface area contributed by atoms with E-state index in [4.69, 9.17) is 4.74 Å². The van der Waals surface area contributed by atoms with Crippen molar-refractivity contribution in [1.82, 2.24) is 0 Å². The second-order valence-corrected chi connectivity index (χ2v) is 5.65. The lowest BCUT2D eigenvalue weighted by Crippen LogP contribution is -2.38. The van der Waals surface area contributed by atoms with Crippen LogP contribution in [0.2, 0.25) is 0 Å². The zero-order valence-corrected chi connectivity index (χ0v) is 13.1. The molecule has 0 radical (unpaired) electrons. The smallest absolute Gasteiger partial charge is 0.314 e. The van der Waals surface area contributed by atoms with Gasteiger partial charge in [-0.2, -0.15) is 0 Å². The van der Waals surface area contributed by atoms with Crippen molar-refractivity contribution in [3.63, 3.8) is 0 Å². The fraction of sp³-hybridized carbons (Fsp3) is 0.222. The molecule has 0 spiro atoms. The van der Waals surface area contributed by atoms with Crippen molar-refractivity contribution in [2.75, 3.05) is 4.90 Å². The number of anilines is 1. The maximum atomic E-state index is 13.9. The summed E-state index contributed by atoms with van der Waals surface area (Å²) in [6.07, 6.45) is -2.08. The lowest BCUT2D eigenvalue weighted by atomic mass is 10.1. The summed E-state index contributed by atoms with van der Waals surface area (Å²) in [5.41, 5.74) is 0.0741. The van der Waals surface area contributed by atoms with Gasteiger partial charge in [-0.3, -0.25) is 14.5 Å². The number of halogens is 2. The number of hydrogen-bond donors (Lipinski definition) is 1. The Labute approximate surface area is 142 Å². The maximum absolute atomic E-state index is 13.9. The monoisotopic (exact) mass is 347 g/mol. The van der Waals surface area contributed by atoms with E-state index in [2.05, 4.69) is 0 Å². The van der Waals surface area contributed by atoms with Gasteiger partial charge in [-0.05, 0) is 17.7 Å². The van der Waals surface area contributed by atoms with E-state index in [0.29, 0.717) is 4.90 Å². The number of amides is 1.